The quantitative estimate of drug-likeness (QED) is 0.901. The van der Waals surface area contributed by atoms with Gasteiger partial charge in [0.2, 0.25) is 0 Å². The molecule has 1 aliphatic rings. The fraction of sp³-hybridized carbons (Fsp3) is 0.611. The summed E-state index contributed by atoms with van der Waals surface area (Å²) in [6, 6.07) is 10.1. The second-order valence-corrected chi connectivity index (χ2v) is 7.05. The summed E-state index contributed by atoms with van der Waals surface area (Å²) >= 11 is 0. The molecule has 0 heterocycles. The number of amides is 1. The molecule has 1 saturated carbocycles. The Balaban J connectivity index is 2.17. The highest BCUT2D eigenvalue weighted by atomic mass is 16.6. The Kier molecular flexibility index (Phi) is 5.12. The average molecular weight is 305 g/mol. The molecule has 1 amide bonds. The van der Waals surface area contributed by atoms with Crippen LogP contribution < -0.4 is 0 Å². The molecule has 1 fully saturated rings. The van der Waals surface area contributed by atoms with Gasteiger partial charge in [0.25, 0.3) is 0 Å². The van der Waals surface area contributed by atoms with Crippen LogP contribution in [0, 0.1) is 5.92 Å². The minimum absolute atomic E-state index is 0.0373. The lowest BCUT2D eigenvalue weighted by Gasteiger charge is -2.32. The Bertz CT molecular complexity index is 495. The molecule has 22 heavy (non-hydrogen) atoms. The molecule has 4 nitrogen and oxygen atoms in total. The van der Waals surface area contributed by atoms with E-state index < -0.39 is 5.60 Å². The van der Waals surface area contributed by atoms with E-state index in [-0.39, 0.29) is 24.8 Å². The van der Waals surface area contributed by atoms with E-state index in [0.717, 1.165) is 18.4 Å². The molecule has 0 aromatic heterocycles. The summed E-state index contributed by atoms with van der Waals surface area (Å²) < 4.78 is 5.59. The number of aliphatic hydroxyl groups is 1. The van der Waals surface area contributed by atoms with Crippen LogP contribution in [0.5, 0.6) is 0 Å². The molecule has 1 aromatic rings. The van der Waals surface area contributed by atoms with Crippen molar-refractivity contribution in [2.45, 2.75) is 58.2 Å². The third kappa shape index (κ3) is 4.23. The summed E-state index contributed by atoms with van der Waals surface area (Å²) in [5, 5.41) is 9.12. The smallest absolute Gasteiger partial charge is 0.411 e. The molecule has 2 rings (SSSR count). The van der Waals surface area contributed by atoms with Gasteiger partial charge in [0, 0.05) is 12.6 Å². The van der Waals surface area contributed by atoms with Crippen LogP contribution in [-0.4, -0.2) is 34.3 Å². The highest BCUT2D eigenvalue weighted by Crippen LogP contribution is 2.42. The zero-order chi connectivity index (χ0) is 16.3. The first-order valence-corrected chi connectivity index (χ1v) is 8.00. The van der Waals surface area contributed by atoms with Gasteiger partial charge in [-0.05, 0) is 52.0 Å². The van der Waals surface area contributed by atoms with Crippen LogP contribution in [0.25, 0.3) is 0 Å². The second kappa shape index (κ2) is 6.69. The number of aliphatic hydroxyl groups excluding tert-OH is 1. The lowest BCUT2D eigenvalue weighted by Crippen LogP contribution is -2.40. The monoisotopic (exact) mass is 305 g/mol. The van der Waals surface area contributed by atoms with Gasteiger partial charge in [-0.2, -0.15) is 0 Å². The molecule has 3 atom stereocenters. The molecular formula is C18H27NO3. The first-order chi connectivity index (χ1) is 10.3. The minimum atomic E-state index is -0.507. The van der Waals surface area contributed by atoms with Gasteiger partial charge in [-0.1, -0.05) is 30.3 Å². The topological polar surface area (TPSA) is 49.8 Å². The molecule has 0 aliphatic heterocycles. The van der Waals surface area contributed by atoms with Crippen LogP contribution >= 0.6 is 0 Å². The summed E-state index contributed by atoms with van der Waals surface area (Å²) in [5.74, 6) is 0.378. The van der Waals surface area contributed by atoms with Crippen molar-refractivity contribution < 1.29 is 14.6 Å². The third-order valence-corrected chi connectivity index (χ3v) is 4.05. The normalized spacial score (nSPS) is 22.0. The summed E-state index contributed by atoms with van der Waals surface area (Å²) in [5.41, 5.74) is 0.593. The maximum absolute atomic E-state index is 12.6. The molecule has 0 unspecified atom stereocenters. The molecule has 0 spiro atoms. The highest BCUT2D eigenvalue weighted by Gasteiger charge is 2.46. The Hall–Kier alpha value is -1.55. The molecule has 1 aromatic carbocycles. The van der Waals surface area contributed by atoms with Crippen LogP contribution in [0.1, 0.15) is 52.1 Å². The number of hydrogen-bond donors (Lipinski definition) is 1. The van der Waals surface area contributed by atoms with E-state index in [4.69, 9.17) is 9.84 Å². The molecular weight excluding hydrogens is 278 g/mol. The number of benzene rings is 1. The van der Waals surface area contributed by atoms with E-state index >= 15 is 0 Å². The molecule has 1 N–H and O–H groups in total. The summed E-state index contributed by atoms with van der Waals surface area (Å²) in [7, 11) is 0. The number of carbonyl (C=O) groups excluding carboxylic acids is 1. The summed E-state index contributed by atoms with van der Waals surface area (Å²) in [6.07, 6.45) is 1.41. The number of hydrogen-bond acceptors (Lipinski definition) is 3. The maximum atomic E-state index is 12.6. The van der Waals surface area contributed by atoms with E-state index in [1.807, 2.05) is 62.9 Å². The maximum Gasteiger partial charge on any atom is 0.411 e. The highest BCUT2D eigenvalue weighted by molar-refractivity contribution is 5.70. The summed E-state index contributed by atoms with van der Waals surface area (Å²) in [6.45, 7) is 7.85. The van der Waals surface area contributed by atoms with E-state index in [0.29, 0.717) is 5.92 Å². The van der Waals surface area contributed by atoms with E-state index in [1.54, 1.807) is 0 Å². The first kappa shape index (κ1) is 16.8. The van der Waals surface area contributed by atoms with Crippen LogP contribution in [-0.2, 0) is 4.74 Å². The molecule has 0 saturated heterocycles. The van der Waals surface area contributed by atoms with Crippen molar-refractivity contribution in [2.24, 2.45) is 5.92 Å². The fourth-order valence-corrected chi connectivity index (χ4v) is 2.84. The van der Waals surface area contributed by atoms with E-state index in [9.17, 15) is 4.79 Å². The zero-order valence-electron chi connectivity index (χ0n) is 14.0. The number of ether oxygens (including phenoxy) is 1. The fourth-order valence-electron chi connectivity index (χ4n) is 2.84. The van der Waals surface area contributed by atoms with Crippen LogP contribution in [0.15, 0.2) is 30.3 Å². The van der Waals surface area contributed by atoms with Crippen molar-refractivity contribution in [1.82, 2.24) is 4.90 Å². The Morgan fingerprint density at radius 3 is 2.55 bits per heavy atom. The molecule has 1 aliphatic carbocycles. The van der Waals surface area contributed by atoms with E-state index in [2.05, 4.69) is 0 Å². The summed E-state index contributed by atoms with van der Waals surface area (Å²) in [4.78, 5) is 14.5. The van der Waals surface area contributed by atoms with Crippen molar-refractivity contribution >= 4 is 6.09 Å². The molecule has 0 bridgehead atoms. The Morgan fingerprint density at radius 1 is 1.36 bits per heavy atom. The molecule has 4 heteroatoms. The number of nitrogens with zero attached hydrogens (tertiary/aromatic N) is 1. The van der Waals surface area contributed by atoms with E-state index in [1.165, 1.54) is 0 Å². The van der Waals surface area contributed by atoms with Gasteiger partial charge in [-0.3, -0.25) is 4.90 Å². The molecule has 122 valence electrons. The second-order valence-electron chi connectivity index (χ2n) is 7.05. The SMILES string of the molecule is C[C@H](c1ccccc1)N(C(=O)OC(C)(C)C)[C@@H]1C[C@H]1CCO. The van der Waals surface area contributed by atoms with Crippen LogP contribution in [0.3, 0.4) is 0 Å². The van der Waals surface area contributed by atoms with Crippen molar-refractivity contribution in [2.75, 3.05) is 6.61 Å². The third-order valence-electron chi connectivity index (χ3n) is 4.05. The zero-order valence-corrected chi connectivity index (χ0v) is 14.0. The average Bonchev–Trinajstić information content (AvgIpc) is 3.17. The van der Waals surface area contributed by atoms with Gasteiger partial charge >= 0.3 is 6.09 Å². The number of rotatable bonds is 5. The minimum Gasteiger partial charge on any atom is -0.444 e. The predicted octanol–water partition coefficient (Wildman–Crippen LogP) is 3.76. The van der Waals surface area contributed by atoms with Crippen molar-refractivity contribution in [3.63, 3.8) is 0 Å². The van der Waals surface area contributed by atoms with Crippen LogP contribution in [0.4, 0.5) is 4.79 Å². The van der Waals surface area contributed by atoms with Gasteiger partial charge < -0.3 is 9.84 Å². The largest absolute Gasteiger partial charge is 0.444 e. The van der Waals surface area contributed by atoms with Crippen LogP contribution in [0.2, 0.25) is 0 Å². The Labute approximate surface area is 133 Å². The molecule has 0 radical (unpaired) electrons. The van der Waals surface area contributed by atoms with Crippen molar-refractivity contribution in [3.8, 4) is 0 Å². The van der Waals surface area contributed by atoms with Gasteiger partial charge in [-0.15, -0.1) is 0 Å². The number of carbonyl (C=O) groups is 1. The van der Waals surface area contributed by atoms with Gasteiger partial charge in [0.05, 0.1) is 6.04 Å². The van der Waals surface area contributed by atoms with Gasteiger partial charge in [0.15, 0.2) is 0 Å². The van der Waals surface area contributed by atoms with Gasteiger partial charge in [-0.25, -0.2) is 4.79 Å². The standard InChI is InChI=1S/C18H27NO3/c1-13(14-8-6-5-7-9-14)19(16-12-15(16)10-11-20)17(21)22-18(2,3)4/h5-9,13,15-16,20H,10-12H2,1-4H3/t13-,15-,16-/m1/s1. The Morgan fingerprint density at radius 2 is 2.00 bits per heavy atom. The van der Waals surface area contributed by atoms with Crippen molar-refractivity contribution in [1.29, 1.82) is 0 Å². The lowest BCUT2D eigenvalue weighted by atomic mass is 10.1. The lowest BCUT2D eigenvalue weighted by molar-refractivity contribution is 0.0138. The predicted molar refractivity (Wildman–Crippen MR) is 86.5 cm³/mol. The van der Waals surface area contributed by atoms with Crippen molar-refractivity contribution in [3.05, 3.63) is 35.9 Å². The van der Waals surface area contributed by atoms with Gasteiger partial charge in [0.1, 0.15) is 5.60 Å². The first-order valence-electron chi connectivity index (χ1n) is 8.00.